The molecule has 0 saturated heterocycles. The van der Waals surface area contributed by atoms with Crippen LogP contribution >= 0.6 is 0 Å². The predicted octanol–water partition coefficient (Wildman–Crippen LogP) is 2.79. The first-order valence-corrected chi connectivity index (χ1v) is 7.70. The normalized spacial score (nSPS) is 10.8. The van der Waals surface area contributed by atoms with E-state index < -0.39 is 6.03 Å². The highest BCUT2D eigenvalue weighted by Crippen LogP contribution is 2.18. The second-order valence-corrected chi connectivity index (χ2v) is 5.21. The van der Waals surface area contributed by atoms with Gasteiger partial charge in [0, 0.05) is 12.0 Å². The lowest BCUT2D eigenvalue weighted by Crippen LogP contribution is -2.22. The van der Waals surface area contributed by atoms with Crippen LogP contribution in [0.15, 0.2) is 43.0 Å². The molecule has 0 bridgehead atoms. The second-order valence-electron chi connectivity index (χ2n) is 5.21. The molecule has 0 N–H and O–H groups in total. The van der Waals surface area contributed by atoms with Crippen molar-refractivity contribution in [1.29, 1.82) is 0 Å². The molecular formula is C16H18N6O. The Labute approximate surface area is 134 Å². The van der Waals surface area contributed by atoms with Gasteiger partial charge in [0.05, 0.1) is 0 Å². The van der Waals surface area contributed by atoms with Crippen LogP contribution in [0, 0.1) is 0 Å². The number of aryl methyl sites for hydroxylation is 1. The van der Waals surface area contributed by atoms with Crippen molar-refractivity contribution < 1.29 is 4.79 Å². The largest absolute Gasteiger partial charge is 0.372 e. The van der Waals surface area contributed by atoms with E-state index in [4.69, 9.17) is 0 Å². The van der Waals surface area contributed by atoms with Gasteiger partial charge >= 0.3 is 6.03 Å². The number of hydrogen-bond donors (Lipinski definition) is 0. The van der Waals surface area contributed by atoms with E-state index in [2.05, 4.69) is 27.1 Å². The molecular weight excluding hydrogens is 292 g/mol. The number of nitrogens with zero attached hydrogens (tertiary/aromatic N) is 6. The van der Waals surface area contributed by atoms with Crippen molar-refractivity contribution in [3.05, 3.63) is 48.8 Å². The van der Waals surface area contributed by atoms with Gasteiger partial charge in [0.25, 0.3) is 0 Å². The lowest BCUT2D eigenvalue weighted by molar-refractivity contribution is 0.238. The minimum atomic E-state index is -0.393. The molecule has 0 aliphatic carbocycles. The summed E-state index contributed by atoms with van der Waals surface area (Å²) in [5.74, 6) is 1.20. The smallest absolute Gasteiger partial charge is 0.243 e. The lowest BCUT2D eigenvalue weighted by atomic mass is 10.2. The Balaban J connectivity index is 1.97. The molecule has 2 aromatic heterocycles. The van der Waals surface area contributed by atoms with Gasteiger partial charge in [0.2, 0.25) is 0 Å². The number of unbranched alkanes of at least 4 members (excludes halogenated alkanes) is 2. The van der Waals surface area contributed by atoms with E-state index in [-0.39, 0.29) is 0 Å². The van der Waals surface area contributed by atoms with Gasteiger partial charge in [-0.3, -0.25) is 0 Å². The van der Waals surface area contributed by atoms with Crippen molar-refractivity contribution >= 4 is 6.03 Å². The summed E-state index contributed by atoms with van der Waals surface area (Å²) in [6.07, 6.45) is 6.68. The highest BCUT2D eigenvalue weighted by atomic mass is 16.2. The summed E-state index contributed by atoms with van der Waals surface area (Å²) in [6, 6.07) is 9.16. The minimum absolute atomic E-state index is 0.393. The Morgan fingerprint density at radius 3 is 2.70 bits per heavy atom. The van der Waals surface area contributed by atoms with Crippen LogP contribution in [0.3, 0.4) is 0 Å². The highest BCUT2D eigenvalue weighted by molar-refractivity contribution is 5.81. The zero-order valence-electron chi connectivity index (χ0n) is 13.0. The molecule has 0 unspecified atom stereocenters. The first-order chi connectivity index (χ1) is 11.3. The van der Waals surface area contributed by atoms with Gasteiger partial charge in [-0.05, 0) is 6.42 Å². The third-order valence-corrected chi connectivity index (χ3v) is 3.48. The molecule has 1 aromatic carbocycles. The average Bonchev–Trinajstić information content (AvgIpc) is 3.25. The van der Waals surface area contributed by atoms with Crippen molar-refractivity contribution in [2.75, 3.05) is 0 Å². The molecule has 0 spiro atoms. The maximum atomic E-state index is 12.6. The number of hydrogen-bond acceptors (Lipinski definition) is 5. The zero-order valence-corrected chi connectivity index (χ0v) is 13.0. The van der Waals surface area contributed by atoms with Crippen LogP contribution in [0.2, 0.25) is 0 Å². The molecule has 0 amide bonds. The van der Waals surface area contributed by atoms with Crippen LogP contribution in [0.25, 0.3) is 11.4 Å². The molecule has 3 aromatic rings. The van der Waals surface area contributed by atoms with Crippen molar-refractivity contribution in [2.24, 2.45) is 0 Å². The van der Waals surface area contributed by atoms with Crippen molar-refractivity contribution in [3.63, 3.8) is 0 Å². The quantitative estimate of drug-likeness (QED) is 0.677. The van der Waals surface area contributed by atoms with E-state index in [1.54, 1.807) is 0 Å². The Morgan fingerprint density at radius 1 is 1.17 bits per heavy atom. The van der Waals surface area contributed by atoms with E-state index in [9.17, 15) is 4.79 Å². The Bertz CT molecular complexity index is 763. The van der Waals surface area contributed by atoms with Crippen molar-refractivity contribution in [2.45, 2.75) is 32.6 Å². The number of carbonyl (C=O) groups excluding carboxylic acids is 1. The maximum absolute atomic E-state index is 12.6. The van der Waals surface area contributed by atoms with Crippen LogP contribution in [0.5, 0.6) is 0 Å². The first-order valence-electron chi connectivity index (χ1n) is 7.70. The molecule has 0 aliphatic heterocycles. The number of aromatic nitrogens is 6. The molecule has 118 valence electrons. The Morgan fingerprint density at radius 2 is 2.00 bits per heavy atom. The molecule has 0 atom stereocenters. The second kappa shape index (κ2) is 6.95. The van der Waals surface area contributed by atoms with Crippen LogP contribution in [-0.4, -0.2) is 35.6 Å². The number of carbonyl (C=O) groups is 1. The fourth-order valence-electron chi connectivity index (χ4n) is 2.31. The standard InChI is InChI=1S/C16H18N6O/c1-2-3-5-10-14-19-15(13-8-6-4-7-9-13)22(20-14)16(23)21-12-17-11-18-21/h4,6-9,11-12H,2-3,5,10H2,1H3. The minimum Gasteiger partial charge on any atom is -0.243 e. The van der Waals surface area contributed by atoms with E-state index in [1.807, 2.05) is 30.3 Å². The molecule has 2 heterocycles. The summed E-state index contributed by atoms with van der Waals surface area (Å²) in [5, 5.41) is 8.26. The number of benzene rings is 1. The summed E-state index contributed by atoms with van der Waals surface area (Å²) in [6.45, 7) is 2.15. The van der Waals surface area contributed by atoms with Gasteiger partial charge in [-0.1, -0.05) is 50.1 Å². The molecule has 0 saturated carbocycles. The summed E-state index contributed by atoms with van der Waals surface area (Å²) in [5.41, 5.74) is 0.843. The summed E-state index contributed by atoms with van der Waals surface area (Å²) in [4.78, 5) is 20.9. The molecule has 23 heavy (non-hydrogen) atoms. The predicted molar refractivity (Wildman–Crippen MR) is 84.9 cm³/mol. The van der Waals surface area contributed by atoms with E-state index in [0.717, 1.165) is 35.9 Å². The maximum Gasteiger partial charge on any atom is 0.372 e. The molecule has 0 fully saturated rings. The van der Waals surface area contributed by atoms with Crippen LogP contribution in [0.1, 0.15) is 32.0 Å². The van der Waals surface area contributed by atoms with Gasteiger partial charge in [-0.2, -0.15) is 14.5 Å². The van der Waals surface area contributed by atoms with Crippen molar-refractivity contribution in [3.8, 4) is 11.4 Å². The number of rotatable bonds is 5. The third kappa shape index (κ3) is 3.33. The van der Waals surface area contributed by atoms with Gasteiger partial charge in [0.1, 0.15) is 12.7 Å². The fourth-order valence-corrected chi connectivity index (χ4v) is 2.31. The van der Waals surface area contributed by atoms with Gasteiger partial charge in [-0.15, -0.1) is 5.10 Å². The van der Waals surface area contributed by atoms with Gasteiger partial charge < -0.3 is 0 Å². The third-order valence-electron chi connectivity index (χ3n) is 3.48. The molecule has 7 nitrogen and oxygen atoms in total. The SMILES string of the molecule is CCCCCc1nc(-c2ccccc2)n(C(=O)n2cncn2)n1. The zero-order chi connectivity index (χ0) is 16.1. The van der Waals surface area contributed by atoms with Gasteiger partial charge in [-0.25, -0.2) is 14.8 Å². The molecule has 0 radical (unpaired) electrons. The van der Waals surface area contributed by atoms with Gasteiger partial charge in [0.15, 0.2) is 11.6 Å². The topological polar surface area (TPSA) is 78.5 Å². The average molecular weight is 310 g/mol. The van der Waals surface area contributed by atoms with E-state index >= 15 is 0 Å². The van der Waals surface area contributed by atoms with Crippen LogP contribution in [-0.2, 0) is 6.42 Å². The fraction of sp³-hybridized carbons (Fsp3) is 0.312. The summed E-state index contributed by atoms with van der Waals surface area (Å²) < 4.78 is 2.45. The Hall–Kier alpha value is -2.83. The summed E-state index contributed by atoms with van der Waals surface area (Å²) in [7, 11) is 0. The summed E-state index contributed by atoms with van der Waals surface area (Å²) >= 11 is 0. The Kier molecular flexibility index (Phi) is 4.56. The molecule has 0 aliphatic rings. The van der Waals surface area contributed by atoms with Crippen LogP contribution in [0.4, 0.5) is 4.79 Å². The highest BCUT2D eigenvalue weighted by Gasteiger charge is 2.19. The molecule has 7 heteroatoms. The van der Waals surface area contributed by atoms with Crippen LogP contribution < -0.4 is 0 Å². The van der Waals surface area contributed by atoms with E-state index in [1.165, 1.54) is 17.3 Å². The first kappa shape index (κ1) is 15.1. The van der Waals surface area contributed by atoms with Crippen molar-refractivity contribution in [1.82, 2.24) is 29.5 Å². The lowest BCUT2D eigenvalue weighted by Gasteiger charge is -2.03. The monoisotopic (exact) mass is 310 g/mol. The van der Waals surface area contributed by atoms with E-state index in [0.29, 0.717) is 11.6 Å². The molecule has 3 rings (SSSR count).